The number of carbonyl (C=O) groups excluding carboxylic acids is 1. The van der Waals surface area contributed by atoms with Crippen molar-refractivity contribution < 1.29 is 4.79 Å². The van der Waals surface area contributed by atoms with Crippen molar-refractivity contribution in [2.45, 2.75) is 20.4 Å². The van der Waals surface area contributed by atoms with Crippen molar-refractivity contribution in [2.75, 3.05) is 23.3 Å². The minimum absolute atomic E-state index is 0.107. The van der Waals surface area contributed by atoms with E-state index in [0.29, 0.717) is 16.4 Å². The van der Waals surface area contributed by atoms with Crippen LogP contribution in [0.15, 0.2) is 65.7 Å². The van der Waals surface area contributed by atoms with Crippen LogP contribution in [0, 0.1) is 0 Å². The second-order valence-electron chi connectivity index (χ2n) is 6.51. The van der Waals surface area contributed by atoms with Gasteiger partial charge in [0.15, 0.2) is 0 Å². The van der Waals surface area contributed by atoms with Gasteiger partial charge in [0, 0.05) is 41.1 Å². The van der Waals surface area contributed by atoms with E-state index >= 15 is 0 Å². The van der Waals surface area contributed by atoms with Crippen molar-refractivity contribution in [1.29, 1.82) is 0 Å². The summed E-state index contributed by atoms with van der Waals surface area (Å²) < 4.78 is 1.28. The Morgan fingerprint density at radius 3 is 2.31 bits per heavy atom. The van der Waals surface area contributed by atoms with Gasteiger partial charge in [-0.15, -0.1) is 0 Å². The molecule has 0 fully saturated rings. The fraction of sp³-hybridized carbons (Fsp3) is 0.227. The Morgan fingerprint density at radius 2 is 1.72 bits per heavy atom. The first-order valence-electron chi connectivity index (χ1n) is 9.47. The monoisotopic (exact) mass is 410 g/mol. The molecular formula is C22H23ClN4O2. The summed E-state index contributed by atoms with van der Waals surface area (Å²) in [6.07, 6.45) is 1.38. The number of hydrogen-bond acceptors (Lipinski definition) is 4. The highest BCUT2D eigenvalue weighted by Gasteiger charge is 2.08. The van der Waals surface area contributed by atoms with E-state index in [4.69, 9.17) is 11.6 Å². The standard InChI is InChI=1S/C22H23ClN4O2/c1-3-26(4-2)19-11-9-18(10-12-19)25-21(28)14-27-15-24-20(13-22(27)29)16-5-7-17(23)8-6-16/h5-13,15H,3-4,14H2,1-2H3,(H,25,28). The van der Waals surface area contributed by atoms with Crippen molar-refractivity contribution in [3.8, 4) is 11.3 Å². The first kappa shape index (κ1) is 20.6. The maximum Gasteiger partial charge on any atom is 0.254 e. The molecule has 0 atom stereocenters. The average molecular weight is 411 g/mol. The Kier molecular flexibility index (Phi) is 6.67. The summed E-state index contributed by atoms with van der Waals surface area (Å²) in [5.74, 6) is -0.288. The first-order chi connectivity index (χ1) is 14.0. The number of anilines is 2. The molecule has 0 radical (unpaired) electrons. The molecule has 2 aromatic carbocycles. The van der Waals surface area contributed by atoms with Crippen molar-refractivity contribution in [3.63, 3.8) is 0 Å². The van der Waals surface area contributed by atoms with E-state index in [-0.39, 0.29) is 18.0 Å². The highest BCUT2D eigenvalue weighted by Crippen LogP contribution is 2.19. The van der Waals surface area contributed by atoms with E-state index in [1.807, 2.05) is 24.3 Å². The molecule has 1 heterocycles. The quantitative estimate of drug-likeness (QED) is 0.638. The molecule has 0 spiro atoms. The molecule has 29 heavy (non-hydrogen) atoms. The van der Waals surface area contributed by atoms with Gasteiger partial charge in [-0.1, -0.05) is 23.7 Å². The summed E-state index contributed by atoms with van der Waals surface area (Å²) in [7, 11) is 0. The second kappa shape index (κ2) is 9.39. The van der Waals surface area contributed by atoms with Gasteiger partial charge in [-0.2, -0.15) is 0 Å². The third-order valence-electron chi connectivity index (χ3n) is 4.61. The molecule has 1 N–H and O–H groups in total. The summed E-state index contributed by atoms with van der Waals surface area (Å²) in [6, 6.07) is 16.1. The normalized spacial score (nSPS) is 10.6. The zero-order chi connectivity index (χ0) is 20.8. The Labute approximate surface area is 174 Å². The van der Waals surface area contributed by atoms with Gasteiger partial charge in [-0.05, 0) is 50.2 Å². The largest absolute Gasteiger partial charge is 0.372 e. The molecule has 0 aliphatic heterocycles. The van der Waals surface area contributed by atoms with Gasteiger partial charge in [0.2, 0.25) is 5.91 Å². The number of nitrogens with one attached hydrogen (secondary N) is 1. The van der Waals surface area contributed by atoms with Crippen molar-refractivity contribution in [2.24, 2.45) is 0 Å². The SMILES string of the molecule is CCN(CC)c1ccc(NC(=O)Cn2cnc(-c3ccc(Cl)cc3)cc2=O)cc1. The summed E-state index contributed by atoms with van der Waals surface area (Å²) >= 11 is 5.89. The van der Waals surface area contributed by atoms with Crippen LogP contribution in [0.3, 0.4) is 0 Å². The fourth-order valence-corrected chi connectivity index (χ4v) is 3.15. The molecule has 0 unspecified atom stereocenters. The van der Waals surface area contributed by atoms with Crippen LogP contribution >= 0.6 is 11.6 Å². The fourth-order valence-electron chi connectivity index (χ4n) is 3.02. The number of rotatable bonds is 7. The smallest absolute Gasteiger partial charge is 0.254 e. The highest BCUT2D eigenvalue weighted by molar-refractivity contribution is 6.30. The second-order valence-corrected chi connectivity index (χ2v) is 6.95. The van der Waals surface area contributed by atoms with Crippen LogP contribution in [-0.4, -0.2) is 28.5 Å². The summed E-state index contributed by atoms with van der Waals surface area (Å²) in [5, 5.41) is 3.43. The maximum absolute atomic E-state index is 12.4. The molecular weight excluding hydrogens is 388 g/mol. The molecule has 1 amide bonds. The number of aromatic nitrogens is 2. The Morgan fingerprint density at radius 1 is 1.07 bits per heavy atom. The summed E-state index contributed by atoms with van der Waals surface area (Å²) in [4.78, 5) is 31.2. The zero-order valence-electron chi connectivity index (χ0n) is 16.4. The van der Waals surface area contributed by atoms with Gasteiger partial charge in [0.05, 0.1) is 12.0 Å². The molecule has 3 rings (SSSR count). The van der Waals surface area contributed by atoms with E-state index in [1.165, 1.54) is 17.0 Å². The Hall–Kier alpha value is -3.12. The van der Waals surface area contributed by atoms with Crippen LogP contribution in [0.25, 0.3) is 11.3 Å². The summed E-state index contributed by atoms with van der Waals surface area (Å²) in [6.45, 7) is 5.94. The molecule has 0 aliphatic carbocycles. The molecule has 0 aliphatic rings. The van der Waals surface area contributed by atoms with E-state index < -0.39 is 0 Å². The van der Waals surface area contributed by atoms with Crippen LogP contribution in [0.5, 0.6) is 0 Å². The number of hydrogen-bond donors (Lipinski definition) is 1. The molecule has 6 nitrogen and oxygen atoms in total. The van der Waals surface area contributed by atoms with Gasteiger partial charge in [0.1, 0.15) is 6.54 Å². The lowest BCUT2D eigenvalue weighted by atomic mass is 10.1. The minimum Gasteiger partial charge on any atom is -0.372 e. The number of benzene rings is 2. The lowest BCUT2D eigenvalue weighted by molar-refractivity contribution is -0.116. The van der Waals surface area contributed by atoms with Gasteiger partial charge in [0.25, 0.3) is 5.56 Å². The summed E-state index contributed by atoms with van der Waals surface area (Å²) in [5.41, 5.74) is 2.82. The molecule has 7 heteroatoms. The van der Waals surface area contributed by atoms with Crippen LogP contribution < -0.4 is 15.8 Å². The van der Waals surface area contributed by atoms with Gasteiger partial charge in [-0.25, -0.2) is 4.98 Å². The van der Waals surface area contributed by atoms with Crippen molar-refractivity contribution in [1.82, 2.24) is 9.55 Å². The molecule has 3 aromatic rings. The molecule has 0 saturated carbocycles. The van der Waals surface area contributed by atoms with Crippen LogP contribution in [-0.2, 0) is 11.3 Å². The molecule has 0 saturated heterocycles. The predicted octanol–water partition coefficient (Wildman–Crippen LogP) is 4.05. The van der Waals surface area contributed by atoms with E-state index in [9.17, 15) is 9.59 Å². The molecule has 150 valence electrons. The number of halogens is 1. The Balaban J connectivity index is 1.66. The first-order valence-corrected chi connectivity index (χ1v) is 9.85. The van der Waals surface area contributed by atoms with Crippen LogP contribution in [0.2, 0.25) is 5.02 Å². The lowest BCUT2D eigenvalue weighted by Crippen LogP contribution is -2.27. The minimum atomic E-state index is -0.294. The third kappa shape index (κ3) is 5.23. The maximum atomic E-state index is 12.4. The van der Waals surface area contributed by atoms with E-state index in [2.05, 4.69) is 29.0 Å². The van der Waals surface area contributed by atoms with Gasteiger partial charge in [-0.3, -0.25) is 14.2 Å². The lowest BCUT2D eigenvalue weighted by Gasteiger charge is -2.21. The van der Waals surface area contributed by atoms with E-state index in [1.54, 1.807) is 24.3 Å². The topological polar surface area (TPSA) is 67.2 Å². The van der Waals surface area contributed by atoms with Crippen LogP contribution in [0.1, 0.15) is 13.8 Å². The van der Waals surface area contributed by atoms with Crippen molar-refractivity contribution in [3.05, 3.63) is 76.3 Å². The van der Waals surface area contributed by atoms with Gasteiger partial charge < -0.3 is 10.2 Å². The van der Waals surface area contributed by atoms with Crippen LogP contribution in [0.4, 0.5) is 11.4 Å². The van der Waals surface area contributed by atoms with E-state index in [0.717, 1.165) is 24.3 Å². The highest BCUT2D eigenvalue weighted by atomic mass is 35.5. The predicted molar refractivity (Wildman–Crippen MR) is 118 cm³/mol. The Bertz CT molecular complexity index is 1030. The number of nitrogens with zero attached hydrogens (tertiary/aromatic N) is 3. The molecule has 0 bridgehead atoms. The molecule has 1 aromatic heterocycles. The number of amides is 1. The third-order valence-corrected chi connectivity index (χ3v) is 4.87. The zero-order valence-corrected chi connectivity index (χ0v) is 17.2. The van der Waals surface area contributed by atoms with Crippen molar-refractivity contribution >= 4 is 28.9 Å². The van der Waals surface area contributed by atoms with Gasteiger partial charge >= 0.3 is 0 Å². The average Bonchev–Trinajstić information content (AvgIpc) is 2.72. The number of carbonyl (C=O) groups is 1.